The van der Waals surface area contributed by atoms with Gasteiger partial charge in [-0.25, -0.2) is 4.98 Å². The van der Waals surface area contributed by atoms with Gasteiger partial charge in [0.05, 0.1) is 6.20 Å². The smallest absolute Gasteiger partial charge is 0.232 e. The number of aromatic nitrogens is 2. The molecular weight excluding hydrogens is 190 g/mol. The summed E-state index contributed by atoms with van der Waals surface area (Å²) in [6.07, 6.45) is 7.96. The van der Waals surface area contributed by atoms with Crippen molar-refractivity contribution in [2.24, 2.45) is 11.8 Å². The molecule has 15 heavy (non-hydrogen) atoms. The minimum atomic E-state index is 0.350. The number of nitrogens with zero attached hydrogens (tertiary/aromatic N) is 2. The van der Waals surface area contributed by atoms with E-state index >= 15 is 0 Å². The summed E-state index contributed by atoms with van der Waals surface area (Å²) in [5.74, 6) is 1.98. The van der Waals surface area contributed by atoms with Gasteiger partial charge in [-0.2, -0.15) is 0 Å². The molecule has 0 amide bonds. The third-order valence-corrected chi connectivity index (χ3v) is 3.45. The highest BCUT2D eigenvalue weighted by molar-refractivity contribution is 5.05. The molecule has 4 nitrogen and oxygen atoms in total. The second-order valence-electron chi connectivity index (χ2n) is 4.38. The van der Waals surface area contributed by atoms with Gasteiger partial charge in [-0.15, -0.1) is 0 Å². The van der Waals surface area contributed by atoms with Crippen molar-refractivity contribution in [1.82, 2.24) is 15.3 Å². The molecule has 2 fully saturated rings. The molecule has 2 aliphatic rings. The summed E-state index contributed by atoms with van der Waals surface area (Å²) in [5, 5.41) is 3.45. The molecule has 0 aromatic carbocycles. The first-order chi connectivity index (χ1) is 7.43. The van der Waals surface area contributed by atoms with Crippen molar-refractivity contribution < 1.29 is 4.74 Å². The van der Waals surface area contributed by atoms with E-state index in [-0.39, 0.29) is 0 Å². The quantitative estimate of drug-likeness (QED) is 0.777. The molecule has 1 aliphatic heterocycles. The van der Waals surface area contributed by atoms with Crippen LogP contribution in [-0.4, -0.2) is 29.2 Å². The summed E-state index contributed by atoms with van der Waals surface area (Å²) in [6, 6.07) is 0. The van der Waals surface area contributed by atoms with Gasteiger partial charge in [0.2, 0.25) is 5.88 Å². The zero-order valence-electron chi connectivity index (χ0n) is 8.60. The molecule has 3 atom stereocenters. The van der Waals surface area contributed by atoms with E-state index in [1.54, 1.807) is 18.6 Å². The lowest BCUT2D eigenvalue weighted by Gasteiger charge is -2.30. The summed E-state index contributed by atoms with van der Waals surface area (Å²) in [5.41, 5.74) is 0. The van der Waals surface area contributed by atoms with Crippen LogP contribution in [0.15, 0.2) is 18.6 Å². The van der Waals surface area contributed by atoms with E-state index in [0.717, 1.165) is 13.1 Å². The number of fused-ring (bicyclic) bond motifs is 2. The first-order valence-electron chi connectivity index (χ1n) is 5.57. The number of rotatable bonds is 2. The third kappa shape index (κ3) is 1.69. The van der Waals surface area contributed by atoms with Crippen molar-refractivity contribution in [3.05, 3.63) is 18.6 Å². The largest absolute Gasteiger partial charge is 0.473 e. The standard InChI is InChI=1S/C11H15N3O/c1-2-9-6-13-5-8(1)11(9)15-10-7-12-3-4-14-10/h3-4,7-9,11,13H,1-2,5-6H2/t8-,9+,11+. The fourth-order valence-corrected chi connectivity index (χ4v) is 2.71. The van der Waals surface area contributed by atoms with Crippen molar-refractivity contribution in [2.75, 3.05) is 13.1 Å². The van der Waals surface area contributed by atoms with Crippen LogP contribution < -0.4 is 10.1 Å². The van der Waals surface area contributed by atoms with Gasteiger partial charge in [0.1, 0.15) is 6.10 Å². The van der Waals surface area contributed by atoms with Crippen molar-refractivity contribution in [1.29, 1.82) is 0 Å². The molecule has 0 radical (unpaired) electrons. The predicted molar refractivity (Wildman–Crippen MR) is 55.5 cm³/mol. The Morgan fingerprint density at radius 1 is 1.20 bits per heavy atom. The summed E-state index contributed by atoms with van der Waals surface area (Å²) in [6.45, 7) is 2.17. The lowest BCUT2D eigenvalue weighted by Crippen LogP contribution is -2.44. The van der Waals surface area contributed by atoms with Crippen molar-refractivity contribution in [2.45, 2.75) is 18.9 Å². The van der Waals surface area contributed by atoms with Crippen LogP contribution in [0.5, 0.6) is 5.88 Å². The molecule has 1 aromatic heterocycles. The van der Waals surface area contributed by atoms with E-state index in [2.05, 4.69) is 15.3 Å². The van der Waals surface area contributed by atoms with E-state index in [1.807, 2.05) is 0 Å². The Balaban J connectivity index is 1.73. The molecule has 80 valence electrons. The Morgan fingerprint density at radius 2 is 2.00 bits per heavy atom. The maximum atomic E-state index is 5.93. The monoisotopic (exact) mass is 205 g/mol. The molecule has 0 spiro atoms. The number of piperidine rings is 1. The molecule has 4 heteroatoms. The highest BCUT2D eigenvalue weighted by atomic mass is 16.5. The Morgan fingerprint density at radius 3 is 2.67 bits per heavy atom. The highest BCUT2D eigenvalue weighted by Crippen LogP contribution is 2.35. The zero-order chi connectivity index (χ0) is 10.1. The third-order valence-electron chi connectivity index (χ3n) is 3.45. The molecule has 1 saturated carbocycles. The van der Waals surface area contributed by atoms with E-state index < -0.39 is 0 Å². The molecule has 0 unspecified atom stereocenters. The first-order valence-corrected chi connectivity index (χ1v) is 5.57. The van der Waals surface area contributed by atoms with Gasteiger partial charge in [0.15, 0.2) is 0 Å². The van der Waals surface area contributed by atoms with Crippen molar-refractivity contribution in [3.63, 3.8) is 0 Å². The number of hydrogen-bond acceptors (Lipinski definition) is 4. The minimum absolute atomic E-state index is 0.350. The topological polar surface area (TPSA) is 47.0 Å². The summed E-state index contributed by atoms with van der Waals surface area (Å²) < 4.78 is 5.93. The van der Waals surface area contributed by atoms with Crippen molar-refractivity contribution >= 4 is 0 Å². The average Bonchev–Trinajstić information content (AvgIpc) is 2.53. The molecule has 2 heterocycles. The van der Waals surface area contributed by atoms with E-state index in [1.165, 1.54) is 12.8 Å². The SMILES string of the molecule is c1cnc(O[C@H]2[C@@H]3CC[C@H]2CNC3)cn1. The maximum absolute atomic E-state index is 5.93. The Hall–Kier alpha value is -1.16. The number of nitrogens with one attached hydrogen (secondary N) is 1. The van der Waals surface area contributed by atoms with Crippen LogP contribution >= 0.6 is 0 Å². The maximum Gasteiger partial charge on any atom is 0.232 e. The van der Waals surface area contributed by atoms with Crippen LogP contribution in [0.2, 0.25) is 0 Å². The van der Waals surface area contributed by atoms with E-state index in [0.29, 0.717) is 23.8 Å². The Kier molecular flexibility index (Phi) is 2.29. The van der Waals surface area contributed by atoms with Crippen LogP contribution in [-0.2, 0) is 0 Å². The van der Waals surface area contributed by atoms with Gasteiger partial charge in [-0.05, 0) is 12.8 Å². The lowest BCUT2D eigenvalue weighted by atomic mass is 9.97. The molecule has 1 saturated heterocycles. The summed E-state index contributed by atoms with van der Waals surface area (Å²) in [4.78, 5) is 8.18. The van der Waals surface area contributed by atoms with Gasteiger partial charge in [-0.3, -0.25) is 4.98 Å². The van der Waals surface area contributed by atoms with Gasteiger partial charge >= 0.3 is 0 Å². The fourth-order valence-electron chi connectivity index (χ4n) is 2.71. The van der Waals surface area contributed by atoms with Crippen LogP contribution in [0, 0.1) is 11.8 Å². The van der Waals surface area contributed by atoms with Crippen LogP contribution in [0.1, 0.15) is 12.8 Å². The molecule has 1 aromatic rings. The molecule has 1 N–H and O–H groups in total. The second-order valence-corrected chi connectivity index (χ2v) is 4.38. The number of hydrogen-bond donors (Lipinski definition) is 1. The summed E-state index contributed by atoms with van der Waals surface area (Å²) in [7, 11) is 0. The molecular formula is C11H15N3O. The van der Waals surface area contributed by atoms with Crippen molar-refractivity contribution in [3.8, 4) is 5.88 Å². The minimum Gasteiger partial charge on any atom is -0.473 e. The average molecular weight is 205 g/mol. The Labute approximate surface area is 89.1 Å². The normalized spacial score (nSPS) is 34.0. The molecule has 3 rings (SSSR count). The predicted octanol–water partition coefficient (Wildman–Crippen LogP) is 0.853. The van der Waals surface area contributed by atoms with Crippen LogP contribution in [0.25, 0.3) is 0 Å². The fraction of sp³-hybridized carbons (Fsp3) is 0.636. The Bertz CT molecular complexity index is 314. The molecule has 2 bridgehead atoms. The van der Waals surface area contributed by atoms with Gasteiger partial charge in [0, 0.05) is 37.3 Å². The molecule has 1 aliphatic carbocycles. The van der Waals surface area contributed by atoms with Gasteiger partial charge in [-0.1, -0.05) is 0 Å². The summed E-state index contributed by atoms with van der Waals surface area (Å²) >= 11 is 0. The first kappa shape index (κ1) is 9.09. The van der Waals surface area contributed by atoms with E-state index in [4.69, 9.17) is 4.74 Å². The lowest BCUT2D eigenvalue weighted by molar-refractivity contribution is 0.0881. The highest BCUT2D eigenvalue weighted by Gasteiger charge is 2.40. The second kappa shape index (κ2) is 3.77. The van der Waals surface area contributed by atoms with E-state index in [9.17, 15) is 0 Å². The number of ether oxygens (including phenoxy) is 1. The van der Waals surface area contributed by atoms with Gasteiger partial charge < -0.3 is 10.1 Å². The van der Waals surface area contributed by atoms with Gasteiger partial charge in [0.25, 0.3) is 0 Å². The zero-order valence-corrected chi connectivity index (χ0v) is 8.60. The van der Waals surface area contributed by atoms with Crippen LogP contribution in [0.4, 0.5) is 0 Å². The van der Waals surface area contributed by atoms with Crippen LogP contribution in [0.3, 0.4) is 0 Å².